The van der Waals surface area contributed by atoms with E-state index in [0.717, 1.165) is 36.8 Å². The van der Waals surface area contributed by atoms with Gasteiger partial charge in [0.05, 0.1) is 11.1 Å². The number of fused-ring (bicyclic) bond motifs is 2. The summed E-state index contributed by atoms with van der Waals surface area (Å²) < 4.78 is 0. The molecule has 0 saturated carbocycles. The van der Waals surface area contributed by atoms with Crippen LogP contribution in [0.2, 0.25) is 0 Å². The number of imide groups is 2. The quantitative estimate of drug-likeness (QED) is 0.708. The number of amides is 4. The maximum atomic E-state index is 13.0. The van der Waals surface area contributed by atoms with Gasteiger partial charge in [0, 0.05) is 49.1 Å². The van der Waals surface area contributed by atoms with Gasteiger partial charge < -0.3 is 10.2 Å². The molecule has 5 rings (SSSR count). The third kappa shape index (κ3) is 2.48. The van der Waals surface area contributed by atoms with Crippen molar-refractivity contribution >= 4 is 29.3 Å². The molecule has 29 heavy (non-hydrogen) atoms. The van der Waals surface area contributed by atoms with Crippen molar-refractivity contribution in [2.45, 2.75) is 32.7 Å². The van der Waals surface area contributed by atoms with Crippen LogP contribution in [0.25, 0.3) is 0 Å². The van der Waals surface area contributed by atoms with Crippen molar-refractivity contribution in [2.24, 2.45) is 10.8 Å². The first-order valence-electron chi connectivity index (χ1n) is 10.0. The lowest BCUT2D eigenvalue weighted by atomic mass is 9.71. The number of carbonyl (C=O) groups is 4. The summed E-state index contributed by atoms with van der Waals surface area (Å²) in [4.78, 5) is 52.8. The number of hydrogen-bond donors (Lipinski definition) is 2. The monoisotopic (exact) mass is 396 g/mol. The highest BCUT2D eigenvalue weighted by Gasteiger charge is 2.55. The molecule has 4 heterocycles. The van der Waals surface area contributed by atoms with Gasteiger partial charge in [-0.2, -0.15) is 0 Å². The van der Waals surface area contributed by atoms with E-state index in [1.165, 1.54) is 0 Å². The van der Waals surface area contributed by atoms with Gasteiger partial charge in [-0.25, -0.2) is 0 Å². The van der Waals surface area contributed by atoms with E-state index in [0.29, 0.717) is 11.1 Å². The van der Waals surface area contributed by atoms with Crippen molar-refractivity contribution in [1.29, 1.82) is 0 Å². The molecule has 0 aliphatic carbocycles. The van der Waals surface area contributed by atoms with E-state index in [9.17, 15) is 19.2 Å². The van der Waals surface area contributed by atoms with Crippen molar-refractivity contribution < 1.29 is 19.2 Å². The molecule has 0 radical (unpaired) electrons. The molecule has 1 unspecified atom stereocenters. The highest BCUT2D eigenvalue weighted by atomic mass is 16.2. The lowest BCUT2D eigenvalue weighted by molar-refractivity contribution is -0.136. The number of anilines is 1. The van der Waals surface area contributed by atoms with Gasteiger partial charge in [-0.3, -0.25) is 29.4 Å². The standard InChI is InChI=1S/C21H24N4O4/c1-20-8-22-9-21(20,2)11-24(10-20)12-3-4-13-14(7-12)19(29)25(18(13)28)15-5-6-16(26)23-17(15)27/h3-4,7,15,22H,5-6,8-11H2,1-2H3,(H,23,26,27)/t15?,20-,21+. The summed E-state index contributed by atoms with van der Waals surface area (Å²) in [7, 11) is 0. The van der Waals surface area contributed by atoms with E-state index >= 15 is 0 Å². The summed E-state index contributed by atoms with van der Waals surface area (Å²) in [6, 6.07) is 4.42. The van der Waals surface area contributed by atoms with E-state index in [-0.39, 0.29) is 29.6 Å². The molecule has 1 aromatic carbocycles. The minimum absolute atomic E-state index is 0.119. The highest BCUT2D eigenvalue weighted by Crippen LogP contribution is 2.49. The van der Waals surface area contributed by atoms with Gasteiger partial charge in [0.1, 0.15) is 6.04 Å². The lowest BCUT2D eigenvalue weighted by Gasteiger charge is -2.30. The summed E-state index contributed by atoms with van der Waals surface area (Å²) in [6.07, 6.45) is 0.285. The SMILES string of the molecule is C[C@@]12CNC[C@]1(C)CN(c1ccc3c(c1)C(=O)N(C1CCC(=O)NC1=O)C3=O)C2. The number of nitrogens with one attached hydrogen (secondary N) is 2. The molecule has 1 aromatic rings. The summed E-state index contributed by atoms with van der Waals surface area (Å²) in [5, 5.41) is 5.71. The summed E-state index contributed by atoms with van der Waals surface area (Å²) in [6.45, 7) is 8.28. The van der Waals surface area contributed by atoms with Crippen LogP contribution in [0.1, 0.15) is 47.4 Å². The Morgan fingerprint density at radius 2 is 1.62 bits per heavy atom. The molecule has 152 valence electrons. The second-order valence-corrected chi connectivity index (χ2v) is 9.26. The van der Waals surface area contributed by atoms with Gasteiger partial charge >= 0.3 is 0 Å². The Morgan fingerprint density at radius 3 is 2.28 bits per heavy atom. The Morgan fingerprint density at radius 1 is 0.966 bits per heavy atom. The molecule has 3 atom stereocenters. The smallest absolute Gasteiger partial charge is 0.262 e. The van der Waals surface area contributed by atoms with E-state index in [4.69, 9.17) is 0 Å². The lowest BCUT2D eigenvalue weighted by Crippen LogP contribution is -2.54. The van der Waals surface area contributed by atoms with Gasteiger partial charge in [0.25, 0.3) is 11.8 Å². The molecule has 8 nitrogen and oxygen atoms in total. The number of benzene rings is 1. The van der Waals surface area contributed by atoms with Gasteiger partial charge in [-0.15, -0.1) is 0 Å². The van der Waals surface area contributed by atoms with Crippen LogP contribution in [0, 0.1) is 10.8 Å². The zero-order valence-electron chi connectivity index (χ0n) is 16.6. The molecular weight excluding hydrogens is 372 g/mol. The van der Waals surface area contributed by atoms with Crippen LogP contribution >= 0.6 is 0 Å². The Labute approximate surface area is 168 Å². The van der Waals surface area contributed by atoms with Crippen molar-refractivity contribution in [2.75, 3.05) is 31.1 Å². The first kappa shape index (κ1) is 18.3. The van der Waals surface area contributed by atoms with Gasteiger partial charge in [0.15, 0.2) is 0 Å². The summed E-state index contributed by atoms with van der Waals surface area (Å²) >= 11 is 0. The Hall–Kier alpha value is -2.74. The fourth-order valence-electron chi connectivity index (χ4n) is 5.27. The van der Waals surface area contributed by atoms with Crippen LogP contribution in [0.5, 0.6) is 0 Å². The molecule has 4 amide bonds. The van der Waals surface area contributed by atoms with Crippen molar-refractivity contribution in [3.8, 4) is 0 Å². The molecule has 0 spiro atoms. The fraction of sp³-hybridized carbons (Fsp3) is 0.524. The van der Waals surface area contributed by atoms with Gasteiger partial charge in [-0.05, 0) is 24.6 Å². The number of rotatable bonds is 2. The Balaban J connectivity index is 1.43. The molecule has 3 fully saturated rings. The molecule has 0 aromatic heterocycles. The van der Waals surface area contributed by atoms with E-state index in [1.54, 1.807) is 12.1 Å². The third-order valence-electron chi connectivity index (χ3n) is 7.36. The average Bonchev–Trinajstić information content (AvgIpc) is 3.19. The highest BCUT2D eigenvalue weighted by molar-refractivity contribution is 6.23. The number of hydrogen-bond acceptors (Lipinski definition) is 6. The molecular formula is C21H24N4O4. The zero-order chi connectivity index (χ0) is 20.6. The average molecular weight is 396 g/mol. The van der Waals surface area contributed by atoms with E-state index in [1.807, 2.05) is 6.07 Å². The van der Waals surface area contributed by atoms with Gasteiger partial charge in [0.2, 0.25) is 11.8 Å². The van der Waals surface area contributed by atoms with Crippen molar-refractivity contribution in [3.63, 3.8) is 0 Å². The Kier molecular flexibility index (Phi) is 3.71. The van der Waals surface area contributed by atoms with E-state index in [2.05, 4.69) is 29.4 Å². The molecule has 4 aliphatic heterocycles. The second-order valence-electron chi connectivity index (χ2n) is 9.26. The zero-order valence-corrected chi connectivity index (χ0v) is 16.6. The summed E-state index contributed by atoms with van der Waals surface area (Å²) in [5.74, 6) is -1.88. The predicted octanol–water partition coefficient (Wildman–Crippen LogP) is 0.524. The third-order valence-corrected chi connectivity index (χ3v) is 7.36. The molecule has 8 heteroatoms. The maximum absolute atomic E-state index is 13.0. The normalized spacial score (nSPS) is 33.9. The first-order chi connectivity index (χ1) is 13.7. The number of nitrogens with zero attached hydrogens (tertiary/aromatic N) is 2. The largest absolute Gasteiger partial charge is 0.370 e. The van der Waals surface area contributed by atoms with Crippen LogP contribution in [0.3, 0.4) is 0 Å². The number of piperidine rings is 1. The maximum Gasteiger partial charge on any atom is 0.262 e. The first-order valence-corrected chi connectivity index (χ1v) is 10.0. The minimum atomic E-state index is -0.932. The van der Waals surface area contributed by atoms with Crippen molar-refractivity contribution in [3.05, 3.63) is 29.3 Å². The van der Waals surface area contributed by atoms with Gasteiger partial charge in [-0.1, -0.05) is 13.8 Å². The predicted molar refractivity (Wildman–Crippen MR) is 104 cm³/mol. The molecule has 0 bridgehead atoms. The van der Waals surface area contributed by atoms with E-state index < -0.39 is 23.8 Å². The van der Waals surface area contributed by atoms with Crippen LogP contribution in [0.4, 0.5) is 5.69 Å². The summed E-state index contributed by atoms with van der Waals surface area (Å²) in [5.41, 5.74) is 1.89. The minimum Gasteiger partial charge on any atom is -0.370 e. The van der Waals surface area contributed by atoms with Crippen LogP contribution in [-0.4, -0.2) is 60.7 Å². The Bertz CT molecular complexity index is 957. The van der Waals surface area contributed by atoms with Crippen LogP contribution in [0.15, 0.2) is 18.2 Å². The number of carbonyl (C=O) groups excluding carboxylic acids is 4. The van der Waals surface area contributed by atoms with Crippen LogP contribution in [-0.2, 0) is 9.59 Å². The topological polar surface area (TPSA) is 98.8 Å². The van der Waals surface area contributed by atoms with Crippen molar-refractivity contribution in [1.82, 2.24) is 15.5 Å². The fourth-order valence-corrected chi connectivity index (χ4v) is 5.27. The van der Waals surface area contributed by atoms with Crippen LogP contribution < -0.4 is 15.5 Å². The molecule has 4 aliphatic rings. The molecule has 2 N–H and O–H groups in total. The second kappa shape index (κ2) is 5.89. The molecule has 3 saturated heterocycles.